The van der Waals surface area contributed by atoms with Crippen LogP contribution in [0.15, 0.2) is 5.10 Å². The molecule has 0 aromatic heterocycles. The molecule has 1 fully saturated rings. The standard InChI is InChI=1S/C8H18N4/c1-9-11-7-12-10-6-8-4-2-3-5-8/h6,8-9,11-12H,2-5,7H2,1H3/b10-6+. The van der Waals surface area contributed by atoms with Crippen LogP contribution in [0.3, 0.4) is 0 Å². The van der Waals surface area contributed by atoms with Gasteiger partial charge >= 0.3 is 0 Å². The highest BCUT2D eigenvalue weighted by Crippen LogP contribution is 2.22. The van der Waals surface area contributed by atoms with Crippen LogP contribution >= 0.6 is 0 Å². The molecule has 1 saturated carbocycles. The Morgan fingerprint density at radius 3 is 2.83 bits per heavy atom. The first-order chi connectivity index (χ1) is 5.93. The lowest BCUT2D eigenvalue weighted by molar-refractivity contribution is 0.539. The molecule has 3 N–H and O–H groups in total. The molecule has 12 heavy (non-hydrogen) atoms. The Kier molecular flexibility index (Phi) is 4.71. The van der Waals surface area contributed by atoms with Crippen LogP contribution in [-0.4, -0.2) is 19.9 Å². The lowest BCUT2D eigenvalue weighted by Crippen LogP contribution is -2.34. The van der Waals surface area contributed by atoms with Crippen LogP contribution in [0.5, 0.6) is 0 Å². The molecule has 0 radical (unpaired) electrons. The van der Waals surface area contributed by atoms with E-state index >= 15 is 0 Å². The van der Waals surface area contributed by atoms with E-state index in [0.717, 1.165) is 0 Å². The molecule has 1 rings (SSSR count). The summed E-state index contributed by atoms with van der Waals surface area (Å²) in [6, 6.07) is 0. The topological polar surface area (TPSA) is 48.4 Å². The molecule has 0 aromatic rings. The number of rotatable bonds is 5. The number of nitrogens with one attached hydrogen (secondary N) is 3. The van der Waals surface area contributed by atoms with Gasteiger partial charge in [0.1, 0.15) is 0 Å². The summed E-state index contributed by atoms with van der Waals surface area (Å²) in [5.41, 5.74) is 8.62. The average Bonchev–Trinajstić information content (AvgIpc) is 2.57. The maximum absolute atomic E-state index is 4.11. The van der Waals surface area contributed by atoms with E-state index in [4.69, 9.17) is 0 Å². The van der Waals surface area contributed by atoms with Crippen molar-refractivity contribution in [3.63, 3.8) is 0 Å². The van der Waals surface area contributed by atoms with E-state index in [-0.39, 0.29) is 0 Å². The van der Waals surface area contributed by atoms with Crippen molar-refractivity contribution < 1.29 is 0 Å². The first-order valence-corrected chi connectivity index (χ1v) is 4.59. The van der Waals surface area contributed by atoms with Crippen LogP contribution in [0.4, 0.5) is 0 Å². The highest BCUT2D eigenvalue weighted by atomic mass is 15.4. The minimum Gasteiger partial charge on any atom is -0.295 e. The molecule has 1 aliphatic rings. The van der Waals surface area contributed by atoms with Crippen LogP contribution in [0.25, 0.3) is 0 Å². The molecule has 4 heteroatoms. The predicted octanol–water partition coefficient (Wildman–Crippen LogP) is 0.433. The van der Waals surface area contributed by atoms with Gasteiger partial charge in [0.2, 0.25) is 0 Å². The smallest absolute Gasteiger partial charge is 0.0949 e. The van der Waals surface area contributed by atoms with Gasteiger partial charge in [0, 0.05) is 6.21 Å². The first-order valence-electron chi connectivity index (χ1n) is 4.59. The van der Waals surface area contributed by atoms with Crippen molar-refractivity contribution in [2.45, 2.75) is 25.7 Å². The number of hydrazone groups is 1. The van der Waals surface area contributed by atoms with Gasteiger partial charge in [-0.3, -0.25) is 10.9 Å². The summed E-state index contributed by atoms with van der Waals surface area (Å²) >= 11 is 0. The maximum Gasteiger partial charge on any atom is 0.0949 e. The molecule has 0 spiro atoms. The summed E-state index contributed by atoms with van der Waals surface area (Å²) in [5, 5.41) is 4.11. The Bertz CT molecular complexity index is 129. The third-order valence-corrected chi connectivity index (χ3v) is 2.12. The molecular formula is C8H18N4. The Balaban J connectivity index is 1.97. The molecule has 0 amide bonds. The van der Waals surface area contributed by atoms with E-state index in [1.807, 2.05) is 13.3 Å². The lowest BCUT2D eigenvalue weighted by Gasteiger charge is -2.02. The van der Waals surface area contributed by atoms with Gasteiger partial charge in [-0.1, -0.05) is 12.8 Å². The van der Waals surface area contributed by atoms with Gasteiger partial charge in [0.25, 0.3) is 0 Å². The van der Waals surface area contributed by atoms with Crippen molar-refractivity contribution in [2.75, 3.05) is 13.7 Å². The van der Waals surface area contributed by atoms with E-state index in [2.05, 4.69) is 21.4 Å². The van der Waals surface area contributed by atoms with Crippen molar-refractivity contribution >= 4 is 6.21 Å². The van der Waals surface area contributed by atoms with Gasteiger partial charge < -0.3 is 0 Å². The SMILES string of the molecule is CNNCN/N=C/C1CCCC1. The fourth-order valence-corrected chi connectivity index (χ4v) is 1.44. The van der Waals surface area contributed by atoms with Crippen LogP contribution in [0.1, 0.15) is 25.7 Å². The second-order valence-corrected chi connectivity index (χ2v) is 3.08. The van der Waals surface area contributed by atoms with Crippen molar-refractivity contribution in [1.82, 2.24) is 16.3 Å². The summed E-state index contributed by atoms with van der Waals surface area (Å²) < 4.78 is 0. The molecule has 70 valence electrons. The number of hydrogen-bond acceptors (Lipinski definition) is 4. The third kappa shape index (κ3) is 3.69. The molecule has 1 aliphatic carbocycles. The molecule has 0 aromatic carbocycles. The molecule has 0 unspecified atom stereocenters. The maximum atomic E-state index is 4.11. The number of hydrazine groups is 1. The second kappa shape index (κ2) is 5.97. The zero-order valence-corrected chi connectivity index (χ0v) is 7.64. The Morgan fingerprint density at radius 2 is 2.17 bits per heavy atom. The number of hydrogen-bond donors (Lipinski definition) is 3. The fraction of sp³-hybridized carbons (Fsp3) is 0.875. The second-order valence-electron chi connectivity index (χ2n) is 3.08. The fourth-order valence-electron chi connectivity index (χ4n) is 1.44. The van der Waals surface area contributed by atoms with Gasteiger partial charge in [0.05, 0.1) is 6.67 Å². The van der Waals surface area contributed by atoms with E-state index in [1.54, 1.807) is 0 Å². The zero-order chi connectivity index (χ0) is 8.65. The first kappa shape index (κ1) is 9.48. The van der Waals surface area contributed by atoms with Crippen molar-refractivity contribution in [3.05, 3.63) is 0 Å². The molecular weight excluding hydrogens is 152 g/mol. The van der Waals surface area contributed by atoms with E-state index in [1.165, 1.54) is 25.7 Å². The van der Waals surface area contributed by atoms with Crippen LogP contribution in [-0.2, 0) is 0 Å². The molecule has 0 bridgehead atoms. The molecule has 4 nitrogen and oxygen atoms in total. The molecule has 0 heterocycles. The molecule has 0 atom stereocenters. The van der Waals surface area contributed by atoms with Gasteiger partial charge in [-0.05, 0) is 25.8 Å². The van der Waals surface area contributed by atoms with E-state index in [0.29, 0.717) is 12.6 Å². The zero-order valence-electron chi connectivity index (χ0n) is 7.64. The van der Waals surface area contributed by atoms with Crippen molar-refractivity contribution in [3.8, 4) is 0 Å². The summed E-state index contributed by atoms with van der Waals surface area (Å²) in [6.07, 6.45) is 7.39. The van der Waals surface area contributed by atoms with Crippen LogP contribution in [0, 0.1) is 5.92 Å². The summed E-state index contributed by atoms with van der Waals surface area (Å²) in [4.78, 5) is 0. The number of nitrogens with zero attached hydrogens (tertiary/aromatic N) is 1. The minimum absolute atomic E-state index is 0.666. The molecule has 0 aliphatic heterocycles. The van der Waals surface area contributed by atoms with E-state index < -0.39 is 0 Å². The van der Waals surface area contributed by atoms with E-state index in [9.17, 15) is 0 Å². The van der Waals surface area contributed by atoms with Crippen LogP contribution < -0.4 is 16.3 Å². The highest BCUT2D eigenvalue weighted by Gasteiger charge is 2.11. The van der Waals surface area contributed by atoms with Gasteiger partial charge in [-0.25, -0.2) is 5.43 Å². The van der Waals surface area contributed by atoms with Gasteiger partial charge in [-0.15, -0.1) is 0 Å². The Hall–Kier alpha value is -0.610. The van der Waals surface area contributed by atoms with Crippen LogP contribution in [0.2, 0.25) is 0 Å². The third-order valence-electron chi connectivity index (χ3n) is 2.12. The lowest BCUT2D eigenvalue weighted by atomic mass is 10.1. The van der Waals surface area contributed by atoms with Gasteiger partial charge in [-0.2, -0.15) is 5.10 Å². The van der Waals surface area contributed by atoms with Crippen molar-refractivity contribution in [1.29, 1.82) is 0 Å². The van der Waals surface area contributed by atoms with Crippen molar-refractivity contribution in [2.24, 2.45) is 11.0 Å². The quantitative estimate of drug-likeness (QED) is 0.243. The Labute approximate surface area is 73.8 Å². The predicted molar refractivity (Wildman–Crippen MR) is 50.6 cm³/mol. The summed E-state index contributed by atoms with van der Waals surface area (Å²) in [7, 11) is 1.84. The summed E-state index contributed by atoms with van der Waals surface area (Å²) in [6.45, 7) is 0.666. The van der Waals surface area contributed by atoms with Gasteiger partial charge in [0.15, 0.2) is 0 Å². The summed E-state index contributed by atoms with van der Waals surface area (Å²) in [5.74, 6) is 0.715. The monoisotopic (exact) mass is 170 g/mol. The Morgan fingerprint density at radius 1 is 1.42 bits per heavy atom. The average molecular weight is 170 g/mol. The highest BCUT2D eigenvalue weighted by molar-refractivity contribution is 5.60. The normalized spacial score (nSPS) is 19.1. The minimum atomic E-state index is 0.666. The molecule has 0 saturated heterocycles. The largest absolute Gasteiger partial charge is 0.295 e.